The highest BCUT2D eigenvalue weighted by atomic mass is 14.8. The molecule has 0 aliphatic heterocycles. The van der Waals surface area contributed by atoms with Crippen molar-refractivity contribution in [3.8, 4) is 0 Å². The Hall–Kier alpha value is -0.260. The average molecular weight is 120 g/mol. The van der Waals surface area contributed by atoms with Gasteiger partial charge in [-0.25, -0.2) is 0 Å². The van der Waals surface area contributed by atoms with E-state index < -0.39 is 0 Å². The first kappa shape index (κ1) is 4.54. The van der Waals surface area contributed by atoms with E-state index in [0.29, 0.717) is 0 Å². The summed E-state index contributed by atoms with van der Waals surface area (Å²) < 4.78 is 0. The van der Waals surface area contributed by atoms with Crippen molar-refractivity contribution in [2.75, 3.05) is 0 Å². The van der Waals surface area contributed by atoms with Gasteiger partial charge in [-0.05, 0) is 24.7 Å². The lowest BCUT2D eigenvalue weighted by Gasteiger charge is -2.03. The van der Waals surface area contributed by atoms with Crippen LogP contribution in [0.1, 0.15) is 26.7 Å². The van der Waals surface area contributed by atoms with Crippen molar-refractivity contribution >= 4 is 0 Å². The monoisotopic (exact) mass is 120 g/mol. The molecule has 0 aromatic rings. The van der Waals surface area contributed by atoms with Gasteiger partial charge >= 0.3 is 0 Å². The molecule has 2 saturated carbocycles. The summed E-state index contributed by atoms with van der Waals surface area (Å²) in [4.78, 5) is 0. The summed E-state index contributed by atoms with van der Waals surface area (Å²) in [6, 6.07) is 0. The minimum atomic E-state index is 0.791. The molecule has 0 heteroatoms. The lowest BCUT2D eigenvalue weighted by atomic mass is 10.0. The SMILES string of the molecule is CC1C[C@@H](C)[C@]23CC2=C13. The van der Waals surface area contributed by atoms with Gasteiger partial charge in [-0.15, -0.1) is 0 Å². The standard InChI is InChI=1S/C9H12/c1-5-3-6(2)9-4-7(9)8(5)9/h5-6H,3-4H2,1-2H3/t5?,6-,9-/m1/s1. The first-order valence-corrected chi connectivity index (χ1v) is 4.01. The summed E-state index contributed by atoms with van der Waals surface area (Å²) in [5.74, 6) is 1.97. The van der Waals surface area contributed by atoms with Crippen molar-refractivity contribution < 1.29 is 0 Å². The number of hydrogen-bond acceptors (Lipinski definition) is 0. The van der Waals surface area contributed by atoms with E-state index in [0.717, 1.165) is 17.3 Å². The van der Waals surface area contributed by atoms with E-state index in [1.54, 1.807) is 0 Å². The highest BCUT2D eigenvalue weighted by Gasteiger charge is 2.73. The van der Waals surface area contributed by atoms with Crippen LogP contribution in [0.25, 0.3) is 0 Å². The summed E-state index contributed by atoms with van der Waals surface area (Å²) in [7, 11) is 0. The van der Waals surface area contributed by atoms with Crippen LogP contribution in [-0.2, 0) is 0 Å². The summed E-state index contributed by atoms with van der Waals surface area (Å²) in [5.41, 5.74) is 4.52. The van der Waals surface area contributed by atoms with Crippen LogP contribution in [0.4, 0.5) is 0 Å². The van der Waals surface area contributed by atoms with Gasteiger partial charge in [0.05, 0.1) is 0 Å². The molecule has 3 rings (SSSR count). The molecule has 3 aliphatic carbocycles. The highest BCUT2D eigenvalue weighted by molar-refractivity contribution is 5.68. The summed E-state index contributed by atoms with van der Waals surface area (Å²) in [5, 5.41) is 0. The molecule has 0 radical (unpaired) electrons. The van der Waals surface area contributed by atoms with Crippen LogP contribution < -0.4 is 0 Å². The average Bonchev–Trinajstić information content (AvgIpc) is 2.41. The Labute approximate surface area is 56.0 Å². The molecule has 0 saturated heterocycles. The van der Waals surface area contributed by atoms with Gasteiger partial charge in [0.25, 0.3) is 0 Å². The van der Waals surface area contributed by atoms with Crippen LogP contribution in [-0.4, -0.2) is 0 Å². The molecule has 3 atom stereocenters. The maximum atomic E-state index is 2.42. The van der Waals surface area contributed by atoms with Crippen molar-refractivity contribution in [3.63, 3.8) is 0 Å². The molecular weight excluding hydrogens is 108 g/mol. The summed E-state index contributed by atoms with van der Waals surface area (Å²) >= 11 is 0. The smallest absolute Gasteiger partial charge is 0.0193 e. The fourth-order valence-electron chi connectivity index (χ4n) is 3.06. The second-order valence-corrected chi connectivity index (χ2v) is 4.08. The van der Waals surface area contributed by atoms with Crippen LogP contribution in [0, 0.1) is 17.3 Å². The molecule has 2 fully saturated rings. The summed E-state index contributed by atoms with van der Waals surface area (Å²) in [6.07, 6.45) is 2.95. The minimum absolute atomic E-state index is 0.791. The topological polar surface area (TPSA) is 0 Å². The van der Waals surface area contributed by atoms with Gasteiger partial charge in [-0.1, -0.05) is 25.0 Å². The second kappa shape index (κ2) is 0.902. The van der Waals surface area contributed by atoms with E-state index >= 15 is 0 Å². The van der Waals surface area contributed by atoms with E-state index in [1.165, 1.54) is 12.8 Å². The molecule has 0 aromatic heterocycles. The predicted molar refractivity (Wildman–Crippen MR) is 37.0 cm³/mol. The van der Waals surface area contributed by atoms with Crippen LogP contribution in [0.2, 0.25) is 0 Å². The first-order chi connectivity index (χ1) is 4.27. The molecule has 3 aliphatic rings. The summed E-state index contributed by atoms with van der Waals surface area (Å²) in [6.45, 7) is 4.81. The molecule has 0 N–H and O–H groups in total. The van der Waals surface area contributed by atoms with Crippen molar-refractivity contribution in [2.45, 2.75) is 26.7 Å². The van der Waals surface area contributed by atoms with Gasteiger partial charge < -0.3 is 0 Å². The van der Waals surface area contributed by atoms with Gasteiger partial charge in [0.15, 0.2) is 0 Å². The fraction of sp³-hybridized carbons (Fsp3) is 0.778. The Morgan fingerprint density at radius 1 is 1.44 bits per heavy atom. The highest BCUT2D eigenvalue weighted by Crippen LogP contribution is 2.84. The van der Waals surface area contributed by atoms with Gasteiger partial charge in [0.1, 0.15) is 0 Å². The fourth-order valence-corrected chi connectivity index (χ4v) is 3.06. The predicted octanol–water partition coefficient (Wildman–Crippen LogP) is 2.36. The maximum Gasteiger partial charge on any atom is 0.0193 e. The maximum absolute atomic E-state index is 2.42. The number of rotatable bonds is 0. The quantitative estimate of drug-likeness (QED) is 0.430. The van der Waals surface area contributed by atoms with Crippen LogP contribution >= 0.6 is 0 Å². The molecular formula is C9H12. The van der Waals surface area contributed by atoms with Gasteiger partial charge in [0.2, 0.25) is 0 Å². The van der Waals surface area contributed by atoms with E-state index in [4.69, 9.17) is 0 Å². The van der Waals surface area contributed by atoms with E-state index in [2.05, 4.69) is 13.8 Å². The van der Waals surface area contributed by atoms with Crippen molar-refractivity contribution in [2.24, 2.45) is 17.3 Å². The lowest BCUT2D eigenvalue weighted by molar-refractivity contribution is 0.467. The third kappa shape index (κ3) is 0.270. The van der Waals surface area contributed by atoms with Crippen LogP contribution in [0.5, 0.6) is 0 Å². The molecule has 0 bridgehead atoms. The van der Waals surface area contributed by atoms with Gasteiger partial charge in [0, 0.05) is 5.41 Å². The molecule has 48 valence electrons. The molecule has 9 heavy (non-hydrogen) atoms. The first-order valence-electron chi connectivity index (χ1n) is 4.01. The normalized spacial score (nSPS) is 59.3. The zero-order chi connectivity index (χ0) is 6.22. The lowest BCUT2D eigenvalue weighted by Crippen LogP contribution is -1.96. The van der Waals surface area contributed by atoms with Crippen molar-refractivity contribution in [1.82, 2.24) is 0 Å². The Morgan fingerprint density at radius 3 is 2.44 bits per heavy atom. The number of hydrogen-bond donors (Lipinski definition) is 0. The third-order valence-electron chi connectivity index (χ3n) is 3.65. The Balaban J connectivity index is 2.08. The molecule has 1 spiro atoms. The van der Waals surface area contributed by atoms with Gasteiger partial charge in [-0.3, -0.25) is 0 Å². The van der Waals surface area contributed by atoms with Crippen LogP contribution in [0.15, 0.2) is 11.1 Å². The van der Waals surface area contributed by atoms with Crippen molar-refractivity contribution in [1.29, 1.82) is 0 Å². The minimum Gasteiger partial charge on any atom is -0.0613 e. The third-order valence-corrected chi connectivity index (χ3v) is 3.65. The van der Waals surface area contributed by atoms with Gasteiger partial charge in [-0.2, -0.15) is 0 Å². The van der Waals surface area contributed by atoms with Crippen molar-refractivity contribution in [3.05, 3.63) is 11.1 Å². The Bertz CT molecular complexity index is 224. The Morgan fingerprint density at radius 2 is 2.22 bits per heavy atom. The molecule has 0 nitrogen and oxygen atoms in total. The van der Waals surface area contributed by atoms with E-state index in [1.807, 2.05) is 11.1 Å². The molecule has 0 aromatic carbocycles. The largest absolute Gasteiger partial charge is 0.0613 e. The Kier molecular flexibility index (Phi) is 0.455. The molecule has 0 amide bonds. The zero-order valence-corrected chi connectivity index (χ0v) is 6.07. The second-order valence-electron chi connectivity index (χ2n) is 4.08. The molecule has 1 unspecified atom stereocenters. The van der Waals surface area contributed by atoms with Crippen LogP contribution in [0.3, 0.4) is 0 Å². The zero-order valence-electron chi connectivity index (χ0n) is 6.07. The molecule has 0 heterocycles. The van der Waals surface area contributed by atoms with E-state index in [-0.39, 0.29) is 0 Å². The van der Waals surface area contributed by atoms with E-state index in [9.17, 15) is 0 Å². The number of allylic oxidation sites excluding steroid dienone is 2.